The standard InChI is InChI=1S/C26H31FN8O/c1-14(2)20-21-18(32-23(20)17-7-35-24(30-13-31-35)16(4)15(17)3)6-29-25(22(21)27)34-11-26(12-34)9-33(10-26)8-19(36)28-5/h6-7,13-14,32H,8-12H2,1-5H3,(H,28,36). The van der Waals surface area contributed by atoms with Crippen LogP contribution in [0.4, 0.5) is 10.2 Å². The molecule has 6 heterocycles. The van der Waals surface area contributed by atoms with E-state index in [1.807, 2.05) is 18.0 Å². The van der Waals surface area contributed by atoms with Gasteiger partial charge in [-0.3, -0.25) is 9.69 Å². The first-order valence-electron chi connectivity index (χ1n) is 12.4. The Morgan fingerprint density at radius 2 is 1.94 bits per heavy atom. The molecule has 6 rings (SSSR count). The molecule has 2 aliphatic heterocycles. The van der Waals surface area contributed by atoms with E-state index in [0.717, 1.165) is 59.8 Å². The maximum Gasteiger partial charge on any atom is 0.233 e. The van der Waals surface area contributed by atoms with E-state index in [9.17, 15) is 4.79 Å². The molecule has 0 radical (unpaired) electrons. The first-order chi connectivity index (χ1) is 17.2. The number of H-pyrrole nitrogens is 1. The Hall–Kier alpha value is -3.53. The minimum atomic E-state index is -0.272. The van der Waals surface area contributed by atoms with Gasteiger partial charge in [0.1, 0.15) is 6.33 Å². The zero-order valence-electron chi connectivity index (χ0n) is 21.3. The lowest BCUT2D eigenvalue weighted by atomic mass is 9.73. The van der Waals surface area contributed by atoms with Crippen LogP contribution in [0.25, 0.3) is 27.8 Å². The largest absolute Gasteiger partial charge is 0.358 e. The number of likely N-dealkylation sites (N-methyl/N-ethyl adjacent to an activating group) is 1. The molecule has 1 amide bonds. The summed E-state index contributed by atoms with van der Waals surface area (Å²) < 4.78 is 17.9. The molecule has 0 saturated carbocycles. The van der Waals surface area contributed by atoms with Crippen molar-refractivity contribution in [1.82, 2.24) is 34.8 Å². The second kappa shape index (κ2) is 7.99. The van der Waals surface area contributed by atoms with Crippen molar-refractivity contribution in [2.45, 2.75) is 33.6 Å². The van der Waals surface area contributed by atoms with Gasteiger partial charge in [-0.25, -0.2) is 18.9 Å². The highest BCUT2D eigenvalue weighted by Gasteiger charge is 2.52. The van der Waals surface area contributed by atoms with Gasteiger partial charge in [-0.15, -0.1) is 0 Å². The Labute approximate surface area is 208 Å². The first-order valence-corrected chi connectivity index (χ1v) is 12.4. The van der Waals surface area contributed by atoms with Gasteiger partial charge in [0.15, 0.2) is 17.3 Å². The van der Waals surface area contributed by atoms with Crippen molar-refractivity contribution in [1.29, 1.82) is 0 Å². The van der Waals surface area contributed by atoms with Crippen molar-refractivity contribution in [3.05, 3.63) is 41.2 Å². The van der Waals surface area contributed by atoms with Gasteiger partial charge >= 0.3 is 0 Å². The van der Waals surface area contributed by atoms with Crippen LogP contribution in [-0.2, 0) is 4.79 Å². The van der Waals surface area contributed by atoms with Crippen LogP contribution in [0.5, 0.6) is 0 Å². The molecule has 4 aromatic rings. The highest BCUT2D eigenvalue weighted by molar-refractivity contribution is 5.94. The van der Waals surface area contributed by atoms with Gasteiger partial charge in [-0.05, 0) is 36.5 Å². The van der Waals surface area contributed by atoms with Crippen molar-refractivity contribution in [2.75, 3.05) is 44.7 Å². The Morgan fingerprint density at radius 3 is 2.64 bits per heavy atom. The van der Waals surface area contributed by atoms with Crippen LogP contribution in [0.1, 0.15) is 36.5 Å². The number of carbonyl (C=O) groups excluding carboxylic acids is 1. The number of hydrogen-bond donors (Lipinski definition) is 2. The van der Waals surface area contributed by atoms with Crippen LogP contribution in [0.15, 0.2) is 18.7 Å². The predicted molar refractivity (Wildman–Crippen MR) is 137 cm³/mol. The molecule has 36 heavy (non-hydrogen) atoms. The normalized spacial score (nSPS) is 17.2. The highest BCUT2D eigenvalue weighted by Crippen LogP contribution is 2.44. The lowest BCUT2D eigenvalue weighted by Gasteiger charge is -2.60. The summed E-state index contributed by atoms with van der Waals surface area (Å²) >= 11 is 0. The number of aromatic nitrogens is 5. The predicted octanol–water partition coefficient (Wildman–Crippen LogP) is 3.02. The number of nitrogens with zero attached hydrogens (tertiary/aromatic N) is 6. The average molecular weight is 491 g/mol. The van der Waals surface area contributed by atoms with Gasteiger partial charge in [0.05, 0.1) is 24.0 Å². The number of nitrogens with one attached hydrogen (secondary N) is 2. The van der Waals surface area contributed by atoms with Gasteiger partial charge in [-0.2, -0.15) is 5.10 Å². The number of amides is 1. The fourth-order valence-corrected chi connectivity index (χ4v) is 6.04. The number of fused-ring (bicyclic) bond motifs is 2. The smallest absolute Gasteiger partial charge is 0.233 e. The number of hydrogen-bond acceptors (Lipinski definition) is 6. The topological polar surface area (TPSA) is 94.5 Å². The molecule has 0 bridgehead atoms. The SMILES string of the molecule is CNC(=O)CN1CC2(C1)CN(c1ncc3[nH]c(-c4cn5ncnc5c(C)c4C)c(C(C)C)c3c1F)C2. The van der Waals surface area contributed by atoms with E-state index in [-0.39, 0.29) is 23.1 Å². The molecule has 0 aliphatic carbocycles. The van der Waals surface area contributed by atoms with E-state index in [0.29, 0.717) is 23.3 Å². The quantitative estimate of drug-likeness (QED) is 0.447. The summed E-state index contributed by atoms with van der Waals surface area (Å²) in [5.41, 5.74) is 6.63. The third-order valence-corrected chi connectivity index (χ3v) is 7.89. The molecule has 4 aromatic heterocycles. The molecular formula is C26H31FN8O. The van der Waals surface area contributed by atoms with Gasteiger partial charge in [0, 0.05) is 55.8 Å². The lowest BCUT2D eigenvalue weighted by molar-refractivity contribution is -0.125. The number of anilines is 1. The molecule has 2 aliphatic rings. The molecule has 0 unspecified atom stereocenters. The van der Waals surface area contributed by atoms with Crippen molar-refractivity contribution in [3.63, 3.8) is 0 Å². The Balaban J connectivity index is 1.35. The van der Waals surface area contributed by atoms with Gasteiger partial charge in [0.25, 0.3) is 0 Å². The number of halogens is 1. The zero-order chi connectivity index (χ0) is 25.4. The number of aryl methyl sites for hydroxylation is 1. The van der Waals surface area contributed by atoms with Gasteiger partial charge < -0.3 is 15.2 Å². The molecule has 0 atom stereocenters. The lowest BCUT2D eigenvalue weighted by Crippen LogP contribution is -2.73. The van der Waals surface area contributed by atoms with Crippen LogP contribution < -0.4 is 10.2 Å². The molecule has 10 heteroatoms. The molecule has 2 fully saturated rings. The van der Waals surface area contributed by atoms with Crippen LogP contribution in [0.3, 0.4) is 0 Å². The molecule has 2 N–H and O–H groups in total. The number of rotatable bonds is 5. The van der Waals surface area contributed by atoms with E-state index in [1.165, 1.54) is 0 Å². The molecule has 9 nitrogen and oxygen atoms in total. The monoisotopic (exact) mass is 490 g/mol. The molecular weight excluding hydrogens is 459 g/mol. The van der Waals surface area contributed by atoms with Crippen LogP contribution in [0, 0.1) is 25.1 Å². The van der Waals surface area contributed by atoms with E-state index in [4.69, 9.17) is 0 Å². The minimum absolute atomic E-state index is 0.0251. The zero-order valence-corrected chi connectivity index (χ0v) is 21.3. The number of pyridine rings is 2. The summed E-state index contributed by atoms with van der Waals surface area (Å²) in [5, 5.41) is 7.61. The second-order valence-corrected chi connectivity index (χ2v) is 10.7. The second-order valence-electron chi connectivity index (χ2n) is 10.7. The number of aromatic amines is 1. The van der Waals surface area contributed by atoms with E-state index >= 15 is 4.39 Å². The van der Waals surface area contributed by atoms with Crippen molar-refractivity contribution in [2.24, 2.45) is 5.41 Å². The maximum absolute atomic E-state index is 16.1. The van der Waals surface area contributed by atoms with Crippen molar-refractivity contribution < 1.29 is 9.18 Å². The summed E-state index contributed by atoms with van der Waals surface area (Å²) in [6, 6.07) is 0. The summed E-state index contributed by atoms with van der Waals surface area (Å²) in [6.45, 7) is 11.9. The van der Waals surface area contributed by atoms with Gasteiger partial charge in [-0.1, -0.05) is 13.8 Å². The fourth-order valence-electron chi connectivity index (χ4n) is 6.04. The Bertz CT molecular complexity index is 1510. The molecule has 188 valence electrons. The Kier molecular flexibility index (Phi) is 5.08. The minimum Gasteiger partial charge on any atom is -0.358 e. The van der Waals surface area contributed by atoms with Crippen LogP contribution >= 0.6 is 0 Å². The molecule has 2 saturated heterocycles. The summed E-state index contributed by atoms with van der Waals surface area (Å²) in [6.07, 6.45) is 5.27. The van der Waals surface area contributed by atoms with Crippen molar-refractivity contribution in [3.8, 4) is 11.3 Å². The molecule has 0 aromatic carbocycles. The average Bonchev–Trinajstić information content (AvgIpc) is 3.42. The van der Waals surface area contributed by atoms with E-state index in [1.54, 1.807) is 24.1 Å². The molecule has 1 spiro atoms. The van der Waals surface area contributed by atoms with E-state index in [2.05, 4.69) is 51.0 Å². The third kappa shape index (κ3) is 3.31. The van der Waals surface area contributed by atoms with Crippen LogP contribution in [0.2, 0.25) is 0 Å². The van der Waals surface area contributed by atoms with E-state index < -0.39 is 0 Å². The highest BCUT2D eigenvalue weighted by atomic mass is 19.1. The fraction of sp³-hybridized carbons (Fsp3) is 0.462. The number of likely N-dealkylation sites (tertiary alicyclic amines) is 1. The first kappa shape index (κ1) is 22.9. The Morgan fingerprint density at radius 1 is 1.19 bits per heavy atom. The number of carbonyl (C=O) groups is 1. The summed E-state index contributed by atoms with van der Waals surface area (Å²) in [4.78, 5) is 28.2. The van der Waals surface area contributed by atoms with Crippen LogP contribution in [-0.4, -0.2) is 75.1 Å². The summed E-state index contributed by atoms with van der Waals surface area (Å²) in [5.74, 6) is 0.255. The maximum atomic E-state index is 16.1. The van der Waals surface area contributed by atoms with Gasteiger partial charge in [0.2, 0.25) is 5.91 Å². The third-order valence-electron chi connectivity index (χ3n) is 7.89. The summed E-state index contributed by atoms with van der Waals surface area (Å²) in [7, 11) is 1.65. The van der Waals surface area contributed by atoms with Crippen molar-refractivity contribution >= 4 is 28.3 Å².